The van der Waals surface area contributed by atoms with Crippen LogP contribution >= 0.6 is 27.3 Å². The van der Waals surface area contributed by atoms with Gasteiger partial charge in [0.15, 0.2) is 5.78 Å². The quantitative estimate of drug-likeness (QED) is 0.826. The van der Waals surface area contributed by atoms with Crippen LogP contribution < -0.4 is 5.73 Å². The average Bonchev–Trinajstić information content (AvgIpc) is 2.83. The SMILES string of the molecule is C[C@@H]1CC(=O)C2=C(C1)OC(N)=C(C#N)[C@@H]2c1ccc(Br)s1. The number of ether oxygens (including phenoxy) is 1. The lowest BCUT2D eigenvalue weighted by atomic mass is 9.78. The number of nitrogens with two attached hydrogens (primary N) is 1. The summed E-state index contributed by atoms with van der Waals surface area (Å²) >= 11 is 4.93. The molecule has 0 spiro atoms. The van der Waals surface area contributed by atoms with E-state index in [1.54, 1.807) is 0 Å². The van der Waals surface area contributed by atoms with Crippen LogP contribution in [0.15, 0.2) is 38.7 Å². The third-order valence-electron chi connectivity index (χ3n) is 3.74. The molecule has 0 amide bonds. The monoisotopic (exact) mass is 364 g/mol. The van der Waals surface area contributed by atoms with E-state index in [9.17, 15) is 10.1 Å². The first kappa shape index (κ1) is 14.4. The van der Waals surface area contributed by atoms with Gasteiger partial charge in [0.05, 0.1) is 9.70 Å². The van der Waals surface area contributed by atoms with Crippen molar-refractivity contribution in [2.45, 2.75) is 25.7 Å². The number of carbonyl (C=O) groups excluding carboxylic acids is 1. The number of nitriles is 1. The molecule has 2 atom stereocenters. The Hall–Kier alpha value is -1.58. The lowest BCUT2D eigenvalue weighted by Gasteiger charge is -2.32. The molecule has 2 heterocycles. The van der Waals surface area contributed by atoms with Crippen molar-refractivity contribution in [3.8, 4) is 6.07 Å². The second-order valence-electron chi connectivity index (χ2n) is 5.34. The number of halogens is 1. The van der Waals surface area contributed by atoms with E-state index >= 15 is 0 Å². The summed E-state index contributed by atoms with van der Waals surface area (Å²) in [6.45, 7) is 2.02. The molecular weight excluding hydrogens is 352 g/mol. The van der Waals surface area contributed by atoms with Gasteiger partial charge in [0, 0.05) is 23.3 Å². The van der Waals surface area contributed by atoms with E-state index in [1.807, 2.05) is 19.1 Å². The average molecular weight is 365 g/mol. The number of thiophene rings is 1. The fourth-order valence-corrected chi connectivity index (χ4v) is 4.40. The third kappa shape index (κ3) is 2.41. The molecule has 0 unspecified atom stereocenters. The maximum atomic E-state index is 12.5. The van der Waals surface area contributed by atoms with Gasteiger partial charge >= 0.3 is 0 Å². The Morgan fingerprint density at radius 2 is 2.24 bits per heavy atom. The molecule has 1 aromatic heterocycles. The standard InChI is InChI=1S/C15H13BrN2O2S/c1-7-4-9(19)14-10(5-7)20-15(18)8(6-17)13(14)11-2-3-12(16)21-11/h2-3,7,13H,4-5,18H2,1H3/t7-,13-/m1/s1. The molecule has 6 heteroatoms. The molecule has 1 aromatic rings. The summed E-state index contributed by atoms with van der Waals surface area (Å²) in [5, 5.41) is 9.42. The third-order valence-corrected chi connectivity index (χ3v) is 5.43. The number of hydrogen-bond donors (Lipinski definition) is 1. The minimum atomic E-state index is -0.393. The molecule has 0 saturated carbocycles. The van der Waals surface area contributed by atoms with E-state index in [0.717, 1.165) is 8.66 Å². The molecule has 4 nitrogen and oxygen atoms in total. The van der Waals surface area contributed by atoms with Gasteiger partial charge in [0.25, 0.3) is 0 Å². The summed E-state index contributed by atoms with van der Waals surface area (Å²) in [5.74, 6) is 0.648. The van der Waals surface area contributed by atoms with Crippen LogP contribution in [0.3, 0.4) is 0 Å². The normalized spacial score (nSPS) is 25.5. The van der Waals surface area contributed by atoms with Crippen LogP contribution in [0.1, 0.15) is 30.6 Å². The van der Waals surface area contributed by atoms with Gasteiger partial charge in [-0.1, -0.05) is 6.92 Å². The first-order chi connectivity index (χ1) is 10.0. The van der Waals surface area contributed by atoms with Crippen LogP contribution in [0, 0.1) is 17.2 Å². The van der Waals surface area contributed by atoms with Crippen molar-refractivity contribution in [2.75, 3.05) is 0 Å². The lowest BCUT2D eigenvalue weighted by molar-refractivity contribution is -0.117. The van der Waals surface area contributed by atoms with E-state index in [4.69, 9.17) is 10.5 Å². The van der Waals surface area contributed by atoms with E-state index in [0.29, 0.717) is 29.7 Å². The summed E-state index contributed by atoms with van der Waals surface area (Å²) in [4.78, 5) is 13.4. The zero-order chi connectivity index (χ0) is 15.1. The Balaban J connectivity index is 2.17. The first-order valence-corrected chi connectivity index (χ1v) is 8.21. The highest BCUT2D eigenvalue weighted by Gasteiger charge is 2.40. The topological polar surface area (TPSA) is 76.1 Å². The van der Waals surface area contributed by atoms with Gasteiger partial charge < -0.3 is 10.5 Å². The molecule has 3 rings (SSSR count). The largest absolute Gasteiger partial charge is 0.444 e. The zero-order valence-corrected chi connectivity index (χ0v) is 13.8. The zero-order valence-electron chi connectivity index (χ0n) is 11.4. The number of ketones is 1. The molecule has 2 N–H and O–H groups in total. The van der Waals surface area contributed by atoms with Crippen molar-refractivity contribution >= 4 is 33.0 Å². The van der Waals surface area contributed by atoms with Crippen LogP contribution in [0.4, 0.5) is 0 Å². The molecule has 1 aliphatic heterocycles. The van der Waals surface area contributed by atoms with E-state index < -0.39 is 5.92 Å². The fourth-order valence-electron chi connectivity index (χ4n) is 2.86. The summed E-state index contributed by atoms with van der Waals surface area (Å²) in [6.07, 6.45) is 1.17. The Morgan fingerprint density at radius 3 is 2.86 bits per heavy atom. The van der Waals surface area contributed by atoms with Crippen LogP contribution in [0.5, 0.6) is 0 Å². The van der Waals surface area contributed by atoms with E-state index in [-0.39, 0.29) is 17.6 Å². The fraction of sp³-hybridized carbons (Fsp3) is 0.333. The van der Waals surface area contributed by atoms with Gasteiger partial charge in [-0.3, -0.25) is 4.79 Å². The predicted molar refractivity (Wildman–Crippen MR) is 83.1 cm³/mol. The summed E-state index contributed by atoms with van der Waals surface area (Å²) in [6, 6.07) is 5.95. The Labute approximate surface area is 135 Å². The van der Waals surface area contributed by atoms with Gasteiger partial charge in [0.2, 0.25) is 5.88 Å². The van der Waals surface area contributed by atoms with Gasteiger partial charge in [0.1, 0.15) is 17.4 Å². The molecular formula is C15H13BrN2O2S. The number of allylic oxidation sites excluding steroid dienone is 3. The highest BCUT2D eigenvalue weighted by molar-refractivity contribution is 9.11. The maximum Gasteiger partial charge on any atom is 0.205 e. The molecule has 0 bridgehead atoms. The summed E-state index contributed by atoms with van der Waals surface area (Å²) in [7, 11) is 0. The minimum absolute atomic E-state index is 0.0542. The summed E-state index contributed by atoms with van der Waals surface area (Å²) < 4.78 is 6.54. The van der Waals surface area contributed by atoms with Gasteiger partial charge in [-0.25, -0.2) is 0 Å². The van der Waals surface area contributed by atoms with Gasteiger partial charge in [-0.2, -0.15) is 5.26 Å². The number of rotatable bonds is 1. The van der Waals surface area contributed by atoms with Gasteiger partial charge in [-0.15, -0.1) is 11.3 Å². The predicted octanol–water partition coefficient (Wildman–Crippen LogP) is 3.57. The maximum absolute atomic E-state index is 12.5. The van der Waals surface area contributed by atoms with Crippen LogP contribution in [0.2, 0.25) is 0 Å². The molecule has 0 saturated heterocycles. The van der Waals surface area contributed by atoms with Crippen molar-refractivity contribution < 1.29 is 9.53 Å². The molecule has 21 heavy (non-hydrogen) atoms. The highest BCUT2D eigenvalue weighted by Crippen LogP contribution is 2.46. The first-order valence-electron chi connectivity index (χ1n) is 6.60. The second-order valence-corrected chi connectivity index (χ2v) is 7.83. The van der Waals surface area contributed by atoms with Crippen molar-refractivity contribution in [3.05, 3.63) is 43.6 Å². The molecule has 0 aromatic carbocycles. The van der Waals surface area contributed by atoms with E-state index in [2.05, 4.69) is 22.0 Å². The van der Waals surface area contributed by atoms with Crippen molar-refractivity contribution in [2.24, 2.45) is 11.7 Å². The highest BCUT2D eigenvalue weighted by atomic mass is 79.9. The van der Waals surface area contributed by atoms with Crippen LogP contribution in [0.25, 0.3) is 0 Å². The Kier molecular flexibility index (Phi) is 3.64. The van der Waals surface area contributed by atoms with E-state index in [1.165, 1.54) is 11.3 Å². The smallest absolute Gasteiger partial charge is 0.205 e. The Morgan fingerprint density at radius 1 is 1.48 bits per heavy atom. The number of hydrogen-bond acceptors (Lipinski definition) is 5. The minimum Gasteiger partial charge on any atom is -0.444 e. The van der Waals surface area contributed by atoms with Crippen LogP contribution in [-0.2, 0) is 9.53 Å². The number of nitrogens with zero attached hydrogens (tertiary/aromatic N) is 1. The van der Waals surface area contributed by atoms with Crippen molar-refractivity contribution in [3.63, 3.8) is 0 Å². The van der Waals surface area contributed by atoms with Crippen LogP contribution in [-0.4, -0.2) is 5.78 Å². The lowest BCUT2D eigenvalue weighted by Crippen LogP contribution is -2.29. The second kappa shape index (κ2) is 5.32. The molecule has 1 aliphatic carbocycles. The Bertz CT molecular complexity index is 726. The van der Waals surface area contributed by atoms with Crippen molar-refractivity contribution in [1.82, 2.24) is 0 Å². The molecule has 0 radical (unpaired) electrons. The van der Waals surface area contributed by atoms with Gasteiger partial charge in [-0.05, 0) is 34.0 Å². The van der Waals surface area contributed by atoms with Crippen molar-refractivity contribution in [1.29, 1.82) is 5.26 Å². The molecule has 2 aliphatic rings. The number of carbonyl (C=O) groups is 1. The molecule has 0 fully saturated rings. The molecule has 108 valence electrons. The number of Topliss-reactive ketones (excluding diaryl/α,β-unsaturated/α-hetero) is 1. The summed E-state index contributed by atoms with van der Waals surface area (Å²) in [5.41, 5.74) is 6.83.